The zero-order valence-corrected chi connectivity index (χ0v) is 11.8. The van der Waals surface area contributed by atoms with Crippen LogP contribution < -0.4 is 0 Å². The van der Waals surface area contributed by atoms with Gasteiger partial charge in [-0.3, -0.25) is 9.59 Å². The molecule has 2 aliphatic heterocycles. The second-order valence-electron chi connectivity index (χ2n) is 5.00. The van der Waals surface area contributed by atoms with E-state index in [4.69, 9.17) is 4.74 Å². The number of methoxy groups -OCH3 is 1. The molecule has 7 heteroatoms. The highest BCUT2D eigenvalue weighted by Gasteiger charge is 2.38. The summed E-state index contributed by atoms with van der Waals surface area (Å²) in [6.07, 6.45) is -0.468. The van der Waals surface area contributed by atoms with Gasteiger partial charge in [-0.15, -0.1) is 0 Å². The molecule has 0 aromatic rings. The minimum atomic E-state index is -0.725. The van der Waals surface area contributed by atoms with Crippen LogP contribution in [0.4, 0.5) is 0 Å². The quantitative estimate of drug-likeness (QED) is 0.638. The highest BCUT2D eigenvalue weighted by atomic mass is 16.6. The van der Waals surface area contributed by atoms with Gasteiger partial charge in [0.05, 0.1) is 26.2 Å². The Morgan fingerprint density at radius 3 is 2.75 bits per heavy atom. The van der Waals surface area contributed by atoms with Gasteiger partial charge in [0.2, 0.25) is 11.8 Å². The number of ether oxygens (including phenoxy) is 2. The van der Waals surface area contributed by atoms with Crippen LogP contribution in [-0.4, -0.2) is 73.6 Å². The van der Waals surface area contributed by atoms with Crippen LogP contribution >= 0.6 is 0 Å². The molecule has 2 unspecified atom stereocenters. The molecule has 2 atom stereocenters. The number of carbonyl (C=O) groups is 3. The van der Waals surface area contributed by atoms with E-state index in [9.17, 15) is 14.4 Å². The standard InChI is InChI=1S/C13H20N2O5/c1-3-14-7-9(6-11(14)16)12(17)15-4-5-20-10(8-15)13(18)19-2/h9-10H,3-8H2,1-2H3. The second-order valence-corrected chi connectivity index (χ2v) is 5.00. The zero-order valence-electron chi connectivity index (χ0n) is 11.8. The molecule has 0 aromatic carbocycles. The van der Waals surface area contributed by atoms with Crippen LogP contribution in [0.3, 0.4) is 0 Å². The van der Waals surface area contributed by atoms with Crippen molar-refractivity contribution in [3.8, 4) is 0 Å². The average Bonchev–Trinajstić information content (AvgIpc) is 2.86. The molecule has 2 aliphatic rings. The fourth-order valence-corrected chi connectivity index (χ4v) is 2.62. The number of morpholine rings is 1. The van der Waals surface area contributed by atoms with Crippen LogP contribution in [0.1, 0.15) is 13.3 Å². The van der Waals surface area contributed by atoms with Crippen molar-refractivity contribution in [3.63, 3.8) is 0 Å². The monoisotopic (exact) mass is 284 g/mol. The first-order valence-electron chi connectivity index (χ1n) is 6.82. The predicted molar refractivity (Wildman–Crippen MR) is 68.7 cm³/mol. The molecule has 0 aliphatic carbocycles. The van der Waals surface area contributed by atoms with Gasteiger partial charge in [0, 0.05) is 26.1 Å². The second kappa shape index (κ2) is 6.21. The van der Waals surface area contributed by atoms with Crippen molar-refractivity contribution in [1.82, 2.24) is 9.80 Å². The number of amides is 2. The summed E-state index contributed by atoms with van der Waals surface area (Å²) in [6, 6.07) is 0. The fraction of sp³-hybridized carbons (Fsp3) is 0.769. The summed E-state index contributed by atoms with van der Waals surface area (Å²) < 4.78 is 9.92. The van der Waals surface area contributed by atoms with E-state index in [0.717, 1.165) is 0 Å². The third-order valence-electron chi connectivity index (χ3n) is 3.79. The summed E-state index contributed by atoms with van der Waals surface area (Å²) in [4.78, 5) is 38.8. The van der Waals surface area contributed by atoms with Gasteiger partial charge in [0.25, 0.3) is 0 Å². The summed E-state index contributed by atoms with van der Waals surface area (Å²) in [5.74, 6) is -0.839. The van der Waals surface area contributed by atoms with E-state index >= 15 is 0 Å². The molecule has 0 radical (unpaired) electrons. The van der Waals surface area contributed by atoms with Crippen LogP contribution in [0.15, 0.2) is 0 Å². The van der Waals surface area contributed by atoms with E-state index in [1.54, 1.807) is 9.80 Å². The Morgan fingerprint density at radius 2 is 2.15 bits per heavy atom. The molecule has 2 heterocycles. The lowest BCUT2D eigenvalue weighted by molar-refractivity contribution is -0.163. The van der Waals surface area contributed by atoms with Crippen LogP contribution in [-0.2, 0) is 23.9 Å². The van der Waals surface area contributed by atoms with Crippen molar-refractivity contribution < 1.29 is 23.9 Å². The van der Waals surface area contributed by atoms with Gasteiger partial charge >= 0.3 is 5.97 Å². The summed E-state index contributed by atoms with van der Waals surface area (Å²) in [6.45, 7) is 3.94. The average molecular weight is 284 g/mol. The minimum absolute atomic E-state index is 0.0172. The van der Waals surface area contributed by atoms with Crippen molar-refractivity contribution >= 4 is 17.8 Å². The van der Waals surface area contributed by atoms with Gasteiger partial charge in [-0.25, -0.2) is 4.79 Å². The van der Waals surface area contributed by atoms with E-state index in [1.807, 2.05) is 6.92 Å². The van der Waals surface area contributed by atoms with Gasteiger partial charge in [-0.2, -0.15) is 0 Å². The molecule has 2 rings (SSSR count). The van der Waals surface area contributed by atoms with Crippen LogP contribution in [0.25, 0.3) is 0 Å². The first-order chi connectivity index (χ1) is 9.56. The molecule has 0 aromatic heterocycles. The van der Waals surface area contributed by atoms with Crippen molar-refractivity contribution in [3.05, 3.63) is 0 Å². The normalized spacial score (nSPS) is 26.8. The molecule has 2 amide bonds. The number of hydrogen-bond donors (Lipinski definition) is 0. The molecular weight excluding hydrogens is 264 g/mol. The SMILES string of the molecule is CCN1CC(C(=O)N2CCOC(C(=O)OC)C2)CC1=O. The Balaban J connectivity index is 1.96. The third kappa shape index (κ3) is 2.92. The molecule has 0 spiro atoms. The summed E-state index contributed by atoms with van der Waals surface area (Å²) in [5.41, 5.74) is 0. The molecule has 0 saturated carbocycles. The Hall–Kier alpha value is -1.63. The molecule has 0 bridgehead atoms. The number of hydrogen-bond acceptors (Lipinski definition) is 5. The number of carbonyl (C=O) groups excluding carboxylic acids is 3. The molecule has 2 fully saturated rings. The summed E-state index contributed by atoms with van der Waals surface area (Å²) >= 11 is 0. The van der Waals surface area contributed by atoms with Crippen LogP contribution in [0.2, 0.25) is 0 Å². The number of likely N-dealkylation sites (tertiary alicyclic amines) is 1. The highest BCUT2D eigenvalue weighted by Crippen LogP contribution is 2.21. The Kier molecular flexibility index (Phi) is 4.59. The van der Waals surface area contributed by atoms with Gasteiger partial charge < -0.3 is 19.3 Å². The lowest BCUT2D eigenvalue weighted by Gasteiger charge is -2.33. The first kappa shape index (κ1) is 14.8. The van der Waals surface area contributed by atoms with E-state index in [2.05, 4.69) is 4.74 Å². The summed E-state index contributed by atoms with van der Waals surface area (Å²) in [5, 5.41) is 0. The minimum Gasteiger partial charge on any atom is -0.467 e. The van der Waals surface area contributed by atoms with E-state index in [1.165, 1.54) is 7.11 Å². The maximum absolute atomic E-state index is 12.4. The first-order valence-corrected chi connectivity index (χ1v) is 6.82. The fourth-order valence-electron chi connectivity index (χ4n) is 2.62. The van der Waals surface area contributed by atoms with Crippen LogP contribution in [0.5, 0.6) is 0 Å². The van der Waals surface area contributed by atoms with Gasteiger partial charge in [0.1, 0.15) is 0 Å². The van der Waals surface area contributed by atoms with Gasteiger partial charge in [-0.1, -0.05) is 0 Å². The maximum Gasteiger partial charge on any atom is 0.336 e. The number of esters is 1. The third-order valence-corrected chi connectivity index (χ3v) is 3.79. The van der Waals surface area contributed by atoms with Crippen molar-refractivity contribution in [2.45, 2.75) is 19.4 Å². The molecule has 112 valence electrons. The van der Waals surface area contributed by atoms with E-state index in [-0.39, 0.29) is 30.7 Å². The van der Waals surface area contributed by atoms with Gasteiger partial charge in [-0.05, 0) is 6.92 Å². The lowest BCUT2D eigenvalue weighted by atomic mass is 10.1. The molecule has 0 N–H and O–H groups in total. The molecule has 20 heavy (non-hydrogen) atoms. The highest BCUT2D eigenvalue weighted by molar-refractivity contribution is 5.89. The molecular formula is C13H20N2O5. The summed E-state index contributed by atoms with van der Waals surface area (Å²) in [7, 11) is 1.29. The van der Waals surface area contributed by atoms with E-state index < -0.39 is 12.1 Å². The Morgan fingerprint density at radius 1 is 1.40 bits per heavy atom. The smallest absolute Gasteiger partial charge is 0.336 e. The largest absolute Gasteiger partial charge is 0.467 e. The van der Waals surface area contributed by atoms with Crippen molar-refractivity contribution in [1.29, 1.82) is 0 Å². The molecule has 7 nitrogen and oxygen atoms in total. The lowest BCUT2D eigenvalue weighted by Crippen LogP contribution is -2.50. The number of rotatable bonds is 3. The van der Waals surface area contributed by atoms with Crippen molar-refractivity contribution in [2.75, 3.05) is 39.9 Å². The molecule has 2 saturated heterocycles. The topological polar surface area (TPSA) is 76.2 Å². The van der Waals surface area contributed by atoms with E-state index in [0.29, 0.717) is 26.2 Å². The maximum atomic E-state index is 12.4. The Labute approximate surface area is 117 Å². The zero-order chi connectivity index (χ0) is 14.7. The Bertz CT molecular complexity index is 412. The van der Waals surface area contributed by atoms with Crippen molar-refractivity contribution in [2.24, 2.45) is 5.92 Å². The predicted octanol–water partition coefficient (Wildman–Crippen LogP) is -0.745. The van der Waals surface area contributed by atoms with Gasteiger partial charge in [0.15, 0.2) is 6.10 Å². The van der Waals surface area contributed by atoms with Crippen LogP contribution in [0, 0.1) is 5.92 Å². The number of nitrogens with zero attached hydrogens (tertiary/aromatic N) is 2.